The third-order valence-corrected chi connectivity index (χ3v) is 3.35. The van der Waals surface area contributed by atoms with E-state index in [0.29, 0.717) is 6.54 Å². The Morgan fingerprint density at radius 3 is 2.33 bits per heavy atom. The molecule has 0 aliphatic rings. The number of nitrogens with one attached hydrogen (secondary N) is 1. The zero-order valence-electron chi connectivity index (χ0n) is 13.3. The Balaban J connectivity index is 2.61. The molecule has 1 atom stereocenters. The molecular formula is C16H25N3O2. The Kier molecular flexibility index (Phi) is 6.88. The lowest BCUT2D eigenvalue weighted by molar-refractivity contribution is -0.136. The molecule has 0 aliphatic carbocycles. The van der Waals surface area contributed by atoms with E-state index < -0.39 is 0 Å². The average Bonchev–Trinajstić information content (AvgIpc) is 2.44. The third kappa shape index (κ3) is 5.95. The highest BCUT2D eigenvalue weighted by molar-refractivity contribution is 5.84. The number of nitrogens with zero attached hydrogens (tertiary/aromatic N) is 2. The van der Waals surface area contributed by atoms with Crippen molar-refractivity contribution in [3.05, 3.63) is 35.9 Å². The van der Waals surface area contributed by atoms with Crippen LogP contribution in [0.2, 0.25) is 0 Å². The molecule has 0 aromatic heterocycles. The molecule has 5 nitrogen and oxygen atoms in total. The van der Waals surface area contributed by atoms with Crippen LogP contribution in [-0.4, -0.2) is 55.3 Å². The highest BCUT2D eigenvalue weighted by Gasteiger charge is 2.20. The van der Waals surface area contributed by atoms with E-state index in [1.807, 2.05) is 56.3 Å². The number of carbonyl (C=O) groups is 2. The van der Waals surface area contributed by atoms with Crippen molar-refractivity contribution in [3.63, 3.8) is 0 Å². The van der Waals surface area contributed by atoms with E-state index >= 15 is 0 Å². The molecule has 2 amide bonds. The maximum atomic E-state index is 12.0. The Hall–Kier alpha value is -1.88. The van der Waals surface area contributed by atoms with Gasteiger partial charge in [-0.05, 0) is 26.6 Å². The molecule has 0 heterocycles. The Morgan fingerprint density at radius 1 is 1.19 bits per heavy atom. The molecule has 0 fully saturated rings. The van der Waals surface area contributed by atoms with Gasteiger partial charge in [0.25, 0.3) is 0 Å². The second-order valence-corrected chi connectivity index (χ2v) is 5.39. The van der Waals surface area contributed by atoms with E-state index in [1.54, 1.807) is 4.90 Å². The second-order valence-electron chi connectivity index (χ2n) is 5.39. The largest absolute Gasteiger partial charge is 0.353 e. The van der Waals surface area contributed by atoms with Gasteiger partial charge in [-0.15, -0.1) is 0 Å². The van der Waals surface area contributed by atoms with Crippen molar-refractivity contribution in [2.24, 2.45) is 0 Å². The van der Waals surface area contributed by atoms with Crippen LogP contribution in [0.25, 0.3) is 0 Å². The molecule has 21 heavy (non-hydrogen) atoms. The predicted molar refractivity (Wildman–Crippen MR) is 83.8 cm³/mol. The van der Waals surface area contributed by atoms with Gasteiger partial charge in [-0.25, -0.2) is 0 Å². The van der Waals surface area contributed by atoms with E-state index in [4.69, 9.17) is 0 Å². The molecule has 0 bridgehead atoms. The summed E-state index contributed by atoms with van der Waals surface area (Å²) in [6.45, 7) is 4.87. The Bertz CT molecular complexity index is 460. The lowest BCUT2D eigenvalue weighted by Crippen LogP contribution is -2.42. The maximum Gasteiger partial charge on any atom is 0.239 e. The predicted octanol–water partition coefficient (Wildman–Crippen LogP) is 1.27. The molecule has 1 rings (SSSR count). The molecule has 1 unspecified atom stereocenters. The number of hydrogen-bond acceptors (Lipinski definition) is 3. The summed E-state index contributed by atoms with van der Waals surface area (Å²) in [6.07, 6.45) is 0. The standard InChI is InChI=1S/C16H25N3O2/c1-13(15-8-6-5-7-9-15)19(14(2)20)12-16(21)17-10-11-18(3)4/h5-9,13H,10-12H2,1-4H3,(H,17,21). The van der Waals surface area contributed by atoms with Crippen LogP contribution in [0.4, 0.5) is 0 Å². The molecule has 5 heteroatoms. The first-order valence-electron chi connectivity index (χ1n) is 7.15. The molecule has 0 aliphatic heterocycles. The average molecular weight is 291 g/mol. The minimum Gasteiger partial charge on any atom is -0.353 e. The first-order valence-corrected chi connectivity index (χ1v) is 7.15. The molecule has 0 spiro atoms. The van der Waals surface area contributed by atoms with Crippen LogP contribution in [0.1, 0.15) is 25.5 Å². The smallest absolute Gasteiger partial charge is 0.239 e. The van der Waals surface area contributed by atoms with E-state index in [2.05, 4.69) is 5.32 Å². The molecule has 1 aromatic rings. The summed E-state index contributed by atoms with van der Waals surface area (Å²) in [5, 5.41) is 2.83. The maximum absolute atomic E-state index is 12.0. The van der Waals surface area contributed by atoms with Gasteiger partial charge in [0.15, 0.2) is 0 Å². The van der Waals surface area contributed by atoms with E-state index in [0.717, 1.165) is 12.1 Å². The molecule has 116 valence electrons. The number of hydrogen-bond donors (Lipinski definition) is 1. The molecular weight excluding hydrogens is 266 g/mol. The molecule has 0 saturated heterocycles. The van der Waals surface area contributed by atoms with Gasteiger partial charge in [-0.1, -0.05) is 30.3 Å². The number of benzene rings is 1. The van der Waals surface area contributed by atoms with Crippen LogP contribution in [0.15, 0.2) is 30.3 Å². The van der Waals surface area contributed by atoms with E-state index in [1.165, 1.54) is 6.92 Å². The lowest BCUT2D eigenvalue weighted by Gasteiger charge is -2.28. The second kappa shape index (κ2) is 8.42. The van der Waals surface area contributed by atoms with Gasteiger partial charge < -0.3 is 15.1 Å². The molecule has 1 N–H and O–H groups in total. The number of amides is 2. The van der Waals surface area contributed by atoms with Crippen LogP contribution in [0.5, 0.6) is 0 Å². The third-order valence-electron chi connectivity index (χ3n) is 3.35. The van der Waals surface area contributed by atoms with Crippen molar-refractivity contribution in [1.82, 2.24) is 15.1 Å². The summed E-state index contributed by atoms with van der Waals surface area (Å²) in [4.78, 5) is 27.3. The van der Waals surface area contributed by atoms with Crippen LogP contribution in [0, 0.1) is 0 Å². The van der Waals surface area contributed by atoms with Gasteiger partial charge in [0, 0.05) is 20.0 Å². The molecule has 0 saturated carbocycles. The van der Waals surface area contributed by atoms with Gasteiger partial charge in [0.05, 0.1) is 6.04 Å². The number of carbonyl (C=O) groups excluding carboxylic acids is 2. The van der Waals surface area contributed by atoms with Crippen LogP contribution in [0.3, 0.4) is 0 Å². The van der Waals surface area contributed by atoms with E-state index in [9.17, 15) is 9.59 Å². The first-order chi connectivity index (χ1) is 9.91. The number of rotatable bonds is 7. The van der Waals surface area contributed by atoms with E-state index in [-0.39, 0.29) is 24.4 Å². The quantitative estimate of drug-likeness (QED) is 0.823. The van der Waals surface area contributed by atoms with Crippen molar-refractivity contribution in [2.75, 3.05) is 33.7 Å². The first kappa shape index (κ1) is 17.2. The van der Waals surface area contributed by atoms with Gasteiger partial charge >= 0.3 is 0 Å². The normalized spacial score (nSPS) is 12.0. The fourth-order valence-electron chi connectivity index (χ4n) is 2.06. The minimum absolute atomic E-state index is 0.0822. The summed E-state index contributed by atoms with van der Waals surface area (Å²) in [5.41, 5.74) is 1.02. The zero-order valence-corrected chi connectivity index (χ0v) is 13.3. The van der Waals surface area contributed by atoms with Gasteiger partial charge in [-0.3, -0.25) is 9.59 Å². The fraction of sp³-hybridized carbons (Fsp3) is 0.500. The SMILES string of the molecule is CC(=O)N(CC(=O)NCCN(C)C)C(C)c1ccccc1. The summed E-state index contributed by atoms with van der Waals surface area (Å²) < 4.78 is 0. The highest BCUT2D eigenvalue weighted by atomic mass is 16.2. The topological polar surface area (TPSA) is 52.7 Å². The fourth-order valence-corrected chi connectivity index (χ4v) is 2.06. The zero-order chi connectivity index (χ0) is 15.8. The van der Waals surface area contributed by atoms with Crippen LogP contribution in [-0.2, 0) is 9.59 Å². The van der Waals surface area contributed by atoms with Gasteiger partial charge in [0.2, 0.25) is 11.8 Å². The number of likely N-dealkylation sites (N-methyl/N-ethyl adjacent to an activating group) is 1. The summed E-state index contributed by atoms with van der Waals surface area (Å²) >= 11 is 0. The van der Waals surface area contributed by atoms with Crippen molar-refractivity contribution in [3.8, 4) is 0 Å². The lowest BCUT2D eigenvalue weighted by atomic mass is 10.1. The molecule has 1 aromatic carbocycles. The van der Waals surface area contributed by atoms with Gasteiger partial charge in [-0.2, -0.15) is 0 Å². The molecule has 0 radical (unpaired) electrons. The van der Waals surface area contributed by atoms with Crippen molar-refractivity contribution >= 4 is 11.8 Å². The van der Waals surface area contributed by atoms with Crippen molar-refractivity contribution in [2.45, 2.75) is 19.9 Å². The van der Waals surface area contributed by atoms with Crippen LogP contribution < -0.4 is 5.32 Å². The Morgan fingerprint density at radius 2 is 1.81 bits per heavy atom. The highest BCUT2D eigenvalue weighted by Crippen LogP contribution is 2.19. The summed E-state index contributed by atoms with van der Waals surface area (Å²) in [5.74, 6) is -0.232. The minimum atomic E-state index is -0.130. The summed E-state index contributed by atoms with van der Waals surface area (Å²) in [7, 11) is 3.90. The van der Waals surface area contributed by atoms with Gasteiger partial charge in [0.1, 0.15) is 6.54 Å². The van der Waals surface area contributed by atoms with Crippen LogP contribution >= 0.6 is 0 Å². The summed E-state index contributed by atoms with van der Waals surface area (Å²) in [6, 6.07) is 9.60. The van der Waals surface area contributed by atoms with Crippen molar-refractivity contribution < 1.29 is 9.59 Å². The van der Waals surface area contributed by atoms with Crippen molar-refractivity contribution in [1.29, 1.82) is 0 Å². The monoisotopic (exact) mass is 291 g/mol. The Labute approximate surface area is 126 Å².